The predicted molar refractivity (Wildman–Crippen MR) is 58.9 cm³/mol. The molecule has 0 saturated carbocycles. The Morgan fingerprint density at radius 3 is 2.86 bits per heavy atom. The molecule has 3 N–H and O–H groups in total. The van der Waals surface area contributed by atoms with Gasteiger partial charge in [-0.25, -0.2) is 4.98 Å². The van der Waals surface area contributed by atoms with Crippen LogP contribution in [0.5, 0.6) is 0 Å². The first-order chi connectivity index (χ1) is 6.70. The third kappa shape index (κ3) is 7.67. The third-order valence-electron chi connectivity index (χ3n) is 1.09. The van der Waals surface area contributed by atoms with Gasteiger partial charge in [0.15, 0.2) is 0 Å². The summed E-state index contributed by atoms with van der Waals surface area (Å²) < 4.78 is -0.461. The quantitative estimate of drug-likeness (QED) is 0.523. The molecule has 1 aromatic heterocycles. The van der Waals surface area contributed by atoms with Gasteiger partial charge in [0, 0.05) is 24.4 Å². The molecule has 0 aliphatic carbocycles. The van der Waals surface area contributed by atoms with Crippen LogP contribution >= 0.6 is 24.4 Å². The van der Waals surface area contributed by atoms with E-state index in [9.17, 15) is 4.79 Å². The first-order valence-electron chi connectivity index (χ1n) is 3.67. The van der Waals surface area contributed by atoms with Gasteiger partial charge < -0.3 is 10.7 Å². The molecule has 0 unspecified atom stereocenters. The summed E-state index contributed by atoms with van der Waals surface area (Å²) in [6, 6.07) is 0. The van der Waals surface area contributed by atoms with E-state index in [-0.39, 0.29) is 0 Å². The van der Waals surface area contributed by atoms with Gasteiger partial charge in [0.1, 0.15) is 5.40 Å². The van der Waals surface area contributed by atoms with Crippen LogP contribution < -0.4 is 5.73 Å². The molecule has 76 valence electrons. The maximum absolute atomic E-state index is 9.65. The van der Waals surface area contributed by atoms with Crippen molar-refractivity contribution in [1.29, 1.82) is 5.26 Å². The van der Waals surface area contributed by atoms with Gasteiger partial charge in [-0.3, -0.25) is 4.79 Å². The first-order valence-corrected chi connectivity index (χ1v) is 4.93. The monoisotopic (exact) mass is 230 g/mol. The Hall–Kier alpha value is -0.970. The summed E-state index contributed by atoms with van der Waals surface area (Å²) in [6.45, 7) is 0.671. The lowest BCUT2D eigenvalue weighted by Crippen LogP contribution is -2.02. The van der Waals surface area contributed by atoms with Crippen LogP contribution in [0.25, 0.3) is 0 Å². The molecule has 0 atom stereocenters. The van der Waals surface area contributed by atoms with Crippen molar-refractivity contribution in [3.63, 3.8) is 0 Å². The van der Waals surface area contributed by atoms with Crippen LogP contribution in [0.1, 0.15) is 5.69 Å². The van der Waals surface area contributed by atoms with Gasteiger partial charge in [-0.1, -0.05) is 12.6 Å². The molecular weight excluding hydrogens is 220 g/mol. The van der Waals surface area contributed by atoms with Crippen molar-refractivity contribution in [3.8, 4) is 5.40 Å². The van der Waals surface area contributed by atoms with E-state index in [0.717, 1.165) is 12.1 Å². The van der Waals surface area contributed by atoms with Crippen molar-refractivity contribution in [3.05, 3.63) is 18.2 Å². The number of nitrogens with two attached hydrogens (primary N) is 1. The molecule has 0 aromatic carbocycles. The van der Waals surface area contributed by atoms with Gasteiger partial charge in [0.05, 0.1) is 12.0 Å². The van der Waals surface area contributed by atoms with Gasteiger partial charge in [0.25, 0.3) is 4.45 Å². The van der Waals surface area contributed by atoms with Crippen molar-refractivity contribution in [2.75, 3.05) is 6.54 Å². The van der Waals surface area contributed by atoms with Crippen LogP contribution in [0.15, 0.2) is 12.5 Å². The number of thioether (sulfide) groups is 1. The lowest BCUT2D eigenvalue weighted by Gasteiger charge is -1.85. The standard InChI is InChI=1S/C5H9N3.C2HNOS2/c6-2-1-5-3-7-4-8-5;3-1-6-2(4)5/h3-4H,1-2,6H2,(H,7,8);(H,4,5). The van der Waals surface area contributed by atoms with Gasteiger partial charge in [-0.2, -0.15) is 5.26 Å². The van der Waals surface area contributed by atoms with Crippen LogP contribution in [0.4, 0.5) is 4.79 Å². The van der Waals surface area contributed by atoms with Crippen LogP contribution in [0.3, 0.4) is 0 Å². The molecule has 14 heavy (non-hydrogen) atoms. The normalized spacial score (nSPS) is 8.36. The van der Waals surface area contributed by atoms with E-state index < -0.39 is 4.45 Å². The highest BCUT2D eigenvalue weighted by atomic mass is 32.2. The molecule has 0 fully saturated rings. The number of nitrogens with one attached hydrogen (secondary N) is 1. The minimum atomic E-state index is -0.461. The zero-order chi connectivity index (χ0) is 10.8. The number of thiol groups is 1. The van der Waals surface area contributed by atoms with E-state index >= 15 is 0 Å². The molecule has 1 aromatic rings. The Kier molecular flexibility index (Phi) is 8.02. The predicted octanol–water partition coefficient (Wildman–Crippen LogP) is 1.16. The van der Waals surface area contributed by atoms with Gasteiger partial charge in [0.2, 0.25) is 0 Å². The lowest BCUT2D eigenvalue weighted by molar-refractivity contribution is 0.277. The second-order valence-corrected chi connectivity index (χ2v) is 3.52. The second kappa shape index (κ2) is 8.62. The molecule has 0 aliphatic rings. The number of H-pyrrole nitrogens is 1. The van der Waals surface area contributed by atoms with E-state index in [1.165, 1.54) is 0 Å². The van der Waals surface area contributed by atoms with Crippen LogP contribution in [0.2, 0.25) is 0 Å². The Morgan fingerprint density at radius 1 is 1.86 bits per heavy atom. The van der Waals surface area contributed by atoms with Crippen LogP contribution in [-0.4, -0.2) is 21.0 Å². The summed E-state index contributed by atoms with van der Waals surface area (Å²) in [5.41, 5.74) is 6.30. The average molecular weight is 230 g/mol. The number of carbonyl (C=O) groups is 1. The van der Waals surface area contributed by atoms with Crippen molar-refractivity contribution in [1.82, 2.24) is 9.97 Å². The Morgan fingerprint density at radius 2 is 2.57 bits per heavy atom. The van der Waals surface area contributed by atoms with E-state index in [1.807, 2.05) is 6.20 Å². The molecule has 0 amide bonds. The summed E-state index contributed by atoms with van der Waals surface area (Å²) in [5.74, 6) is 0. The van der Waals surface area contributed by atoms with Gasteiger partial charge in [-0.15, -0.1) is 0 Å². The maximum Gasteiger partial charge on any atom is 0.257 e. The fraction of sp³-hybridized carbons (Fsp3) is 0.286. The minimum Gasteiger partial charge on any atom is -0.351 e. The van der Waals surface area contributed by atoms with Crippen LogP contribution in [0, 0.1) is 10.7 Å². The summed E-state index contributed by atoms with van der Waals surface area (Å²) in [5, 5.41) is 9.24. The molecule has 5 nitrogen and oxygen atoms in total. The average Bonchev–Trinajstić information content (AvgIpc) is 2.58. The molecule has 1 rings (SSSR count). The highest BCUT2D eigenvalue weighted by Crippen LogP contribution is 2.01. The number of hydrogen-bond donors (Lipinski definition) is 3. The number of aromatic nitrogens is 2. The number of imidazole rings is 1. The summed E-state index contributed by atoms with van der Waals surface area (Å²) in [6.07, 6.45) is 4.38. The van der Waals surface area contributed by atoms with Crippen molar-refractivity contribution in [2.24, 2.45) is 5.73 Å². The minimum absolute atomic E-state index is 0.461. The fourth-order valence-electron chi connectivity index (χ4n) is 0.615. The number of thiocyanates is 1. The fourth-order valence-corrected chi connectivity index (χ4v) is 0.815. The Bertz CT molecular complexity index is 293. The number of nitrogens with zero attached hydrogens (tertiary/aromatic N) is 2. The van der Waals surface area contributed by atoms with Gasteiger partial charge >= 0.3 is 0 Å². The molecule has 0 spiro atoms. The molecule has 1 heterocycles. The third-order valence-corrected chi connectivity index (χ3v) is 1.63. The molecule has 0 aliphatic heterocycles. The molecule has 0 bridgehead atoms. The van der Waals surface area contributed by atoms with Gasteiger partial charge in [-0.05, 0) is 6.54 Å². The number of carbonyl (C=O) groups excluding carboxylic acids is 1. The zero-order valence-corrected chi connectivity index (χ0v) is 9.02. The highest BCUT2D eigenvalue weighted by Gasteiger charge is 1.88. The molecule has 0 saturated heterocycles. The maximum atomic E-state index is 9.65. The van der Waals surface area contributed by atoms with E-state index in [0.29, 0.717) is 18.3 Å². The highest BCUT2D eigenvalue weighted by molar-refractivity contribution is 8.34. The topological polar surface area (TPSA) is 95.6 Å². The Balaban J connectivity index is 0.000000255. The molecule has 7 heteroatoms. The largest absolute Gasteiger partial charge is 0.351 e. The number of aromatic amines is 1. The number of rotatable bonds is 2. The van der Waals surface area contributed by atoms with Crippen molar-refractivity contribution in [2.45, 2.75) is 6.42 Å². The van der Waals surface area contributed by atoms with Crippen LogP contribution in [-0.2, 0) is 6.42 Å². The van der Waals surface area contributed by atoms with Crippen molar-refractivity contribution >= 4 is 28.8 Å². The smallest absolute Gasteiger partial charge is 0.257 e. The Labute approximate surface area is 91.5 Å². The molecule has 0 radical (unpaired) electrons. The van der Waals surface area contributed by atoms with E-state index in [2.05, 4.69) is 22.6 Å². The SMILES string of the molecule is N#CSC(=O)S.NCCc1c[nH]cn1. The zero-order valence-electron chi connectivity index (χ0n) is 7.30. The first kappa shape index (κ1) is 13.0. The summed E-state index contributed by atoms with van der Waals surface area (Å²) >= 11 is 3.80. The summed E-state index contributed by atoms with van der Waals surface area (Å²) in [4.78, 5) is 16.5. The van der Waals surface area contributed by atoms with E-state index in [4.69, 9.17) is 11.0 Å². The number of hydrogen-bond acceptors (Lipinski definition) is 5. The lowest BCUT2D eigenvalue weighted by atomic mass is 10.3. The number of nitriles is 1. The molecular formula is C7H10N4OS2. The second-order valence-electron chi connectivity index (χ2n) is 2.06. The van der Waals surface area contributed by atoms with Crippen molar-refractivity contribution < 1.29 is 4.79 Å². The summed E-state index contributed by atoms with van der Waals surface area (Å²) in [7, 11) is 0. The van der Waals surface area contributed by atoms with E-state index in [1.54, 1.807) is 11.7 Å².